The highest BCUT2D eigenvalue weighted by atomic mass is 15.3. The molecule has 0 aromatic rings. The largest absolute Gasteiger partial charge is 0.308 e. The number of hydrogen-bond acceptors (Lipinski definition) is 2. The van der Waals surface area contributed by atoms with Crippen molar-refractivity contribution >= 4 is 0 Å². The standard InChI is InChI=1S/C19H38N2/c1-5-11-16(4)21-15-19(6-2,7-3)20-14-18(21)17-12-9-8-10-13-17/h16-18,20H,5-15H2,1-4H3. The fraction of sp³-hybridized carbons (Fsp3) is 1.00. The van der Waals surface area contributed by atoms with E-state index >= 15 is 0 Å². The van der Waals surface area contributed by atoms with E-state index in [0.29, 0.717) is 5.54 Å². The summed E-state index contributed by atoms with van der Waals surface area (Å²) in [7, 11) is 0. The summed E-state index contributed by atoms with van der Waals surface area (Å²) >= 11 is 0. The third-order valence-electron chi connectivity index (χ3n) is 6.42. The van der Waals surface area contributed by atoms with Crippen LogP contribution in [0.5, 0.6) is 0 Å². The van der Waals surface area contributed by atoms with E-state index in [4.69, 9.17) is 0 Å². The smallest absolute Gasteiger partial charge is 0.0304 e. The molecule has 0 aromatic heterocycles. The fourth-order valence-electron chi connectivity index (χ4n) is 4.71. The van der Waals surface area contributed by atoms with Crippen LogP contribution in [0.1, 0.15) is 85.5 Å². The second-order valence-electron chi connectivity index (χ2n) is 7.64. The highest BCUT2D eigenvalue weighted by Crippen LogP contribution is 2.34. The highest BCUT2D eigenvalue weighted by molar-refractivity contribution is 5.00. The van der Waals surface area contributed by atoms with E-state index in [0.717, 1.165) is 18.0 Å². The molecule has 2 fully saturated rings. The van der Waals surface area contributed by atoms with Gasteiger partial charge in [-0.25, -0.2) is 0 Å². The first-order valence-electron chi connectivity index (χ1n) is 9.66. The summed E-state index contributed by atoms with van der Waals surface area (Å²) < 4.78 is 0. The van der Waals surface area contributed by atoms with Crippen LogP contribution in [-0.4, -0.2) is 35.6 Å². The second-order valence-corrected chi connectivity index (χ2v) is 7.64. The topological polar surface area (TPSA) is 15.3 Å². The van der Waals surface area contributed by atoms with Crippen LogP contribution in [0.2, 0.25) is 0 Å². The molecule has 2 heteroatoms. The number of hydrogen-bond donors (Lipinski definition) is 1. The Morgan fingerprint density at radius 2 is 1.76 bits per heavy atom. The maximum Gasteiger partial charge on any atom is 0.0304 e. The number of nitrogens with one attached hydrogen (secondary N) is 1. The molecule has 2 aliphatic rings. The SMILES string of the molecule is CCCC(C)N1CC(CC)(CC)NCC1C1CCCCC1. The Morgan fingerprint density at radius 1 is 1.10 bits per heavy atom. The van der Waals surface area contributed by atoms with Gasteiger partial charge in [-0.15, -0.1) is 0 Å². The summed E-state index contributed by atoms with van der Waals surface area (Å²) in [5.74, 6) is 0.942. The van der Waals surface area contributed by atoms with Crippen molar-refractivity contribution in [1.82, 2.24) is 10.2 Å². The summed E-state index contributed by atoms with van der Waals surface area (Å²) in [5, 5.41) is 3.96. The van der Waals surface area contributed by atoms with Crippen molar-refractivity contribution in [3.8, 4) is 0 Å². The second kappa shape index (κ2) is 7.97. The lowest BCUT2D eigenvalue weighted by molar-refractivity contribution is 0.00408. The van der Waals surface area contributed by atoms with Gasteiger partial charge in [-0.1, -0.05) is 46.5 Å². The normalized spacial score (nSPS) is 29.4. The van der Waals surface area contributed by atoms with Crippen LogP contribution in [0.3, 0.4) is 0 Å². The lowest BCUT2D eigenvalue weighted by Crippen LogP contribution is -2.67. The van der Waals surface area contributed by atoms with Crippen LogP contribution in [0.15, 0.2) is 0 Å². The molecule has 2 unspecified atom stereocenters. The molecular formula is C19H38N2. The maximum absolute atomic E-state index is 3.96. The van der Waals surface area contributed by atoms with Gasteiger partial charge in [0, 0.05) is 30.7 Å². The Balaban J connectivity index is 2.11. The van der Waals surface area contributed by atoms with E-state index in [2.05, 4.69) is 37.9 Å². The highest BCUT2D eigenvalue weighted by Gasteiger charge is 2.41. The minimum Gasteiger partial charge on any atom is -0.308 e. The van der Waals surface area contributed by atoms with Gasteiger partial charge in [0.2, 0.25) is 0 Å². The van der Waals surface area contributed by atoms with Crippen molar-refractivity contribution in [3.63, 3.8) is 0 Å². The lowest BCUT2D eigenvalue weighted by Gasteiger charge is -2.52. The molecule has 1 saturated heterocycles. The maximum atomic E-state index is 3.96. The van der Waals surface area contributed by atoms with Gasteiger partial charge >= 0.3 is 0 Å². The van der Waals surface area contributed by atoms with Gasteiger partial charge < -0.3 is 5.32 Å². The van der Waals surface area contributed by atoms with E-state index in [1.54, 1.807) is 0 Å². The Hall–Kier alpha value is -0.0800. The summed E-state index contributed by atoms with van der Waals surface area (Å²) in [5.41, 5.74) is 0.368. The first kappa shape index (κ1) is 17.3. The fourth-order valence-corrected chi connectivity index (χ4v) is 4.71. The Kier molecular flexibility index (Phi) is 6.55. The summed E-state index contributed by atoms with van der Waals surface area (Å²) in [6.07, 6.45) is 12.5. The van der Waals surface area contributed by atoms with Crippen LogP contribution >= 0.6 is 0 Å². The van der Waals surface area contributed by atoms with E-state index in [1.165, 1.54) is 70.9 Å². The van der Waals surface area contributed by atoms with Crippen molar-refractivity contribution in [2.24, 2.45) is 5.92 Å². The van der Waals surface area contributed by atoms with E-state index < -0.39 is 0 Å². The summed E-state index contributed by atoms with van der Waals surface area (Å²) in [6.45, 7) is 12.0. The number of piperazine rings is 1. The summed E-state index contributed by atoms with van der Waals surface area (Å²) in [6, 6.07) is 1.54. The monoisotopic (exact) mass is 294 g/mol. The third kappa shape index (κ3) is 4.01. The average Bonchev–Trinajstić information content (AvgIpc) is 2.55. The van der Waals surface area contributed by atoms with Crippen LogP contribution in [0.25, 0.3) is 0 Å². The van der Waals surface area contributed by atoms with E-state index in [9.17, 15) is 0 Å². The van der Waals surface area contributed by atoms with Crippen LogP contribution in [-0.2, 0) is 0 Å². The van der Waals surface area contributed by atoms with Crippen molar-refractivity contribution in [1.29, 1.82) is 0 Å². The molecule has 2 atom stereocenters. The van der Waals surface area contributed by atoms with Gasteiger partial charge in [0.25, 0.3) is 0 Å². The molecule has 0 amide bonds. The first-order chi connectivity index (χ1) is 10.2. The van der Waals surface area contributed by atoms with Gasteiger partial charge in [0.1, 0.15) is 0 Å². The molecular weight excluding hydrogens is 256 g/mol. The molecule has 1 saturated carbocycles. The van der Waals surface area contributed by atoms with Crippen LogP contribution in [0, 0.1) is 5.92 Å². The quantitative estimate of drug-likeness (QED) is 0.771. The Morgan fingerprint density at radius 3 is 2.33 bits per heavy atom. The molecule has 124 valence electrons. The van der Waals surface area contributed by atoms with Gasteiger partial charge in [-0.05, 0) is 44.9 Å². The lowest BCUT2D eigenvalue weighted by atomic mass is 9.79. The molecule has 2 rings (SSSR count). The molecule has 1 aliphatic carbocycles. The van der Waals surface area contributed by atoms with E-state index in [1.807, 2.05) is 0 Å². The number of rotatable bonds is 6. The Labute approximate surface area is 133 Å². The zero-order chi connectivity index (χ0) is 15.3. The molecule has 21 heavy (non-hydrogen) atoms. The van der Waals surface area contributed by atoms with Gasteiger partial charge in [-0.3, -0.25) is 4.90 Å². The number of nitrogens with zero attached hydrogens (tertiary/aromatic N) is 1. The predicted octanol–water partition coefficient (Wildman–Crippen LogP) is 4.59. The Bertz CT molecular complexity index is 292. The van der Waals surface area contributed by atoms with Gasteiger partial charge in [0.15, 0.2) is 0 Å². The van der Waals surface area contributed by atoms with Gasteiger partial charge in [-0.2, -0.15) is 0 Å². The van der Waals surface area contributed by atoms with Crippen molar-refractivity contribution in [2.45, 2.75) is 103 Å². The zero-order valence-corrected chi connectivity index (χ0v) is 15.0. The van der Waals surface area contributed by atoms with Crippen molar-refractivity contribution < 1.29 is 0 Å². The van der Waals surface area contributed by atoms with Gasteiger partial charge in [0.05, 0.1) is 0 Å². The molecule has 1 N–H and O–H groups in total. The minimum atomic E-state index is 0.368. The summed E-state index contributed by atoms with van der Waals surface area (Å²) in [4.78, 5) is 2.91. The van der Waals surface area contributed by atoms with Crippen molar-refractivity contribution in [3.05, 3.63) is 0 Å². The van der Waals surface area contributed by atoms with E-state index in [-0.39, 0.29) is 0 Å². The minimum absolute atomic E-state index is 0.368. The predicted molar refractivity (Wildman–Crippen MR) is 92.8 cm³/mol. The van der Waals surface area contributed by atoms with Crippen LogP contribution < -0.4 is 5.32 Å². The molecule has 2 nitrogen and oxygen atoms in total. The van der Waals surface area contributed by atoms with Crippen LogP contribution in [0.4, 0.5) is 0 Å². The molecule has 0 spiro atoms. The molecule has 1 aliphatic heterocycles. The first-order valence-corrected chi connectivity index (χ1v) is 9.66. The zero-order valence-electron chi connectivity index (χ0n) is 15.0. The third-order valence-corrected chi connectivity index (χ3v) is 6.42. The molecule has 0 bridgehead atoms. The van der Waals surface area contributed by atoms with Crippen molar-refractivity contribution in [2.75, 3.05) is 13.1 Å². The average molecular weight is 295 g/mol. The molecule has 0 aromatic carbocycles. The molecule has 1 heterocycles. The molecule has 0 radical (unpaired) electrons.